The number of halogens is 1. The Bertz CT molecular complexity index is 627. The molecule has 0 aliphatic carbocycles. The molecule has 0 aliphatic rings. The van der Waals surface area contributed by atoms with E-state index >= 15 is 0 Å². The van der Waals surface area contributed by atoms with Gasteiger partial charge in [-0.15, -0.1) is 11.3 Å². The summed E-state index contributed by atoms with van der Waals surface area (Å²) < 4.78 is 0. The predicted octanol–water partition coefficient (Wildman–Crippen LogP) is 3.74. The Kier molecular flexibility index (Phi) is 4.03. The molecule has 2 rings (SSSR count). The molecule has 0 saturated heterocycles. The number of amides is 2. The van der Waals surface area contributed by atoms with Gasteiger partial charge < -0.3 is 10.4 Å². The van der Waals surface area contributed by atoms with E-state index in [1.165, 1.54) is 6.07 Å². The van der Waals surface area contributed by atoms with Crippen LogP contribution in [-0.2, 0) is 0 Å². The smallest absolute Gasteiger partial charge is 0.338 e. The van der Waals surface area contributed by atoms with Crippen molar-refractivity contribution in [1.29, 1.82) is 0 Å². The van der Waals surface area contributed by atoms with Gasteiger partial charge in [0.25, 0.3) is 0 Å². The number of aromatic carboxylic acids is 1. The molecule has 19 heavy (non-hydrogen) atoms. The zero-order chi connectivity index (χ0) is 13.8. The van der Waals surface area contributed by atoms with Gasteiger partial charge in [0.05, 0.1) is 5.56 Å². The lowest BCUT2D eigenvalue weighted by Gasteiger charge is -2.07. The van der Waals surface area contributed by atoms with E-state index in [0.29, 0.717) is 10.7 Å². The second-order valence-corrected chi connectivity index (χ2v) is 4.91. The molecule has 3 N–H and O–H groups in total. The minimum absolute atomic E-state index is 0.0613. The van der Waals surface area contributed by atoms with Gasteiger partial charge in [-0.25, -0.2) is 9.59 Å². The van der Waals surface area contributed by atoms with E-state index in [0.717, 1.165) is 11.3 Å². The molecule has 0 unspecified atom stereocenters. The van der Waals surface area contributed by atoms with Gasteiger partial charge in [0.15, 0.2) is 0 Å². The third-order valence-electron chi connectivity index (χ3n) is 2.21. The van der Waals surface area contributed by atoms with Crippen LogP contribution in [0.5, 0.6) is 0 Å². The van der Waals surface area contributed by atoms with Crippen LogP contribution < -0.4 is 10.6 Å². The lowest BCUT2D eigenvalue weighted by Crippen LogP contribution is -2.19. The standard InChI is InChI=1S/C12H9ClN2O3S/c13-7-2-1-3-8(6-7)14-12(18)15-10-9(11(16)17)4-5-19-10/h1-6H,(H,16,17)(H2,14,15,18). The molecule has 0 bridgehead atoms. The van der Waals surface area contributed by atoms with Crippen molar-refractivity contribution < 1.29 is 14.7 Å². The summed E-state index contributed by atoms with van der Waals surface area (Å²) in [5.74, 6) is -1.08. The van der Waals surface area contributed by atoms with E-state index in [4.69, 9.17) is 16.7 Å². The van der Waals surface area contributed by atoms with E-state index in [1.54, 1.807) is 29.6 Å². The van der Waals surface area contributed by atoms with Crippen molar-refractivity contribution in [3.63, 3.8) is 0 Å². The van der Waals surface area contributed by atoms with E-state index < -0.39 is 12.0 Å². The number of benzene rings is 1. The molecule has 0 atom stereocenters. The Labute approximate surface area is 117 Å². The van der Waals surface area contributed by atoms with E-state index in [-0.39, 0.29) is 10.6 Å². The van der Waals surface area contributed by atoms with Gasteiger partial charge in [0, 0.05) is 10.7 Å². The van der Waals surface area contributed by atoms with Crippen LogP contribution in [0, 0.1) is 0 Å². The molecular weight excluding hydrogens is 288 g/mol. The molecule has 1 aromatic carbocycles. The molecule has 0 radical (unpaired) electrons. The highest BCUT2D eigenvalue weighted by Crippen LogP contribution is 2.23. The molecule has 1 aromatic heterocycles. The van der Waals surface area contributed by atoms with Crippen molar-refractivity contribution >= 4 is 45.6 Å². The molecule has 0 aliphatic heterocycles. The second-order valence-electron chi connectivity index (χ2n) is 3.56. The third kappa shape index (κ3) is 3.46. The number of carboxylic acid groups (broad SMARTS) is 1. The van der Waals surface area contributed by atoms with Crippen LogP contribution in [-0.4, -0.2) is 17.1 Å². The normalized spacial score (nSPS) is 9.95. The van der Waals surface area contributed by atoms with E-state index in [1.807, 2.05) is 0 Å². The van der Waals surface area contributed by atoms with E-state index in [9.17, 15) is 9.59 Å². The highest BCUT2D eigenvalue weighted by atomic mass is 35.5. The number of carboxylic acids is 1. The van der Waals surface area contributed by atoms with E-state index in [2.05, 4.69) is 10.6 Å². The van der Waals surface area contributed by atoms with Crippen molar-refractivity contribution in [3.8, 4) is 0 Å². The lowest BCUT2D eigenvalue weighted by atomic mass is 10.3. The SMILES string of the molecule is O=C(Nc1cccc(Cl)c1)Nc1sccc1C(=O)O. The zero-order valence-corrected chi connectivity index (χ0v) is 11.1. The van der Waals surface area contributed by atoms with Crippen LogP contribution in [0.1, 0.15) is 10.4 Å². The molecule has 0 spiro atoms. The van der Waals surface area contributed by atoms with Crippen molar-refractivity contribution in [2.75, 3.05) is 10.6 Å². The van der Waals surface area contributed by atoms with Gasteiger partial charge in [-0.05, 0) is 29.6 Å². The summed E-state index contributed by atoms with van der Waals surface area (Å²) in [5, 5.41) is 16.3. The fraction of sp³-hybridized carbons (Fsp3) is 0. The minimum Gasteiger partial charge on any atom is -0.478 e. The highest BCUT2D eigenvalue weighted by molar-refractivity contribution is 7.14. The monoisotopic (exact) mass is 296 g/mol. The summed E-state index contributed by atoms with van der Waals surface area (Å²) in [4.78, 5) is 22.6. The quantitative estimate of drug-likeness (QED) is 0.807. The molecule has 0 saturated carbocycles. The van der Waals surface area contributed by atoms with Gasteiger partial charge in [-0.2, -0.15) is 0 Å². The second kappa shape index (κ2) is 5.73. The third-order valence-corrected chi connectivity index (χ3v) is 3.27. The molecule has 2 aromatic rings. The Morgan fingerprint density at radius 1 is 1.21 bits per heavy atom. The Morgan fingerprint density at radius 2 is 2.00 bits per heavy atom. The number of carbonyl (C=O) groups is 2. The van der Waals surface area contributed by atoms with Gasteiger partial charge in [-0.3, -0.25) is 5.32 Å². The first-order chi connectivity index (χ1) is 9.06. The number of rotatable bonds is 3. The van der Waals surface area contributed by atoms with Crippen LogP contribution in [0.2, 0.25) is 5.02 Å². The maximum Gasteiger partial charge on any atom is 0.338 e. The number of carbonyl (C=O) groups excluding carboxylic acids is 1. The summed E-state index contributed by atoms with van der Waals surface area (Å²) in [6.07, 6.45) is 0. The first-order valence-electron chi connectivity index (χ1n) is 5.20. The van der Waals surface area contributed by atoms with Gasteiger partial charge in [0.2, 0.25) is 0 Å². The molecule has 7 heteroatoms. The van der Waals surface area contributed by atoms with Gasteiger partial charge in [0.1, 0.15) is 5.00 Å². The number of anilines is 2. The number of urea groups is 1. The first-order valence-corrected chi connectivity index (χ1v) is 6.46. The Morgan fingerprint density at radius 3 is 2.68 bits per heavy atom. The fourth-order valence-corrected chi connectivity index (χ4v) is 2.37. The molecule has 98 valence electrons. The summed E-state index contributed by atoms with van der Waals surface area (Å²) in [7, 11) is 0. The van der Waals surface area contributed by atoms with Crippen LogP contribution in [0.25, 0.3) is 0 Å². The fourth-order valence-electron chi connectivity index (χ4n) is 1.41. The maximum atomic E-state index is 11.7. The Hall–Kier alpha value is -2.05. The largest absolute Gasteiger partial charge is 0.478 e. The average Bonchev–Trinajstić information content (AvgIpc) is 2.76. The van der Waals surface area contributed by atoms with Crippen LogP contribution in [0.3, 0.4) is 0 Å². The van der Waals surface area contributed by atoms with Gasteiger partial charge >= 0.3 is 12.0 Å². The molecule has 0 fully saturated rings. The van der Waals surface area contributed by atoms with Crippen LogP contribution in [0.15, 0.2) is 35.7 Å². The number of hydrogen-bond donors (Lipinski definition) is 3. The van der Waals surface area contributed by atoms with Crippen molar-refractivity contribution in [3.05, 3.63) is 46.3 Å². The number of nitrogens with one attached hydrogen (secondary N) is 2. The summed E-state index contributed by atoms with van der Waals surface area (Å²) in [6, 6.07) is 7.57. The topological polar surface area (TPSA) is 78.4 Å². The average molecular weight is 297 g/mol. The van der Waals surface area contributed by atoms with Crippen molar-refractivity contribution in [2.24, 2.45) is 0 Å². The van der Waals surface area contributed by atoms with Crippen molar-refractivity contribution in [2.45, 2.75) is 0 Å². The molecule has 5 nitrogen and oxygen atoms in total. The zero-order valence-electron chi connectivity index (χ0n) is 9.51. The lowest BCUT2D eigenvalue weighted by molar-refractivity contribution is 0.0698. The summed E-state index contributed by atoms with van der Waals surface area (Å²) >= 11 is 6.93. The number of hydrogen-bond acceptors (Lipinski definition) is 3. The number of thiophene rings is 1. The molecule has 1 heterocycles. The summed E-state index contributed by atoms with van der Waals surface area (Å²) in [6.45, 7) is 0. The molecular formula is C12H9ClN2O3S. The highest BCUT2D eigenvalue weighted by Gasteiger charge is 2.13. The predicted molar refractivity (Wildman–Crippen MR) is 75.4 cm³/mol. The Balaban J connectivity index is 2.05. The van der Waals surface area contributed by atoms with Crippen molar-refractivity contribution in [1.82, 2.24) is 0 Å². The van der Waals surface area contributed by atoms with Crippen LogP contribution >= 0.6 is 22.9 Å². The maximum absolute atomic E-state index is 11.7. The minimum atomic E-state index is -1.08. The van der Waals surface area contributed by atoms with Gasteiger partial charge in [-0.1, -0.05) is 17.7 Å². The first kappa shape index (κ1) is 13.4. The summed E-state index contributed by atoms with van der Waals surface area (Å²) in [5.41, 5.74) is 0.588. The van der Waals surface area contributed by atoms with Crippen LogP contribution in [0.4, 0.5) is 15.5 Å². The molecule has 2 amide bonds.